The van der Waals surface area contributed by atoms with Crippen molar-refractivity contribution in [3.05, 3.63) is 80.6 Å². The summed E-state index contributed by atoms with van der Waals surface area (Å²) >= 11 is 5.55. The number of hydrogen-bond donors (Lipinski definition) is 5. The first-order valence-corrected chi connectivity index (χ1v) is 11.2. The molecule has 4 amide bonds. The van der Waals surface area contributed by atoms with Gasteiger partial charge >= 0.3 is 18.2 Å². The fourth-order valence-corrected chi connectivity index (χ4v) is 4.25. The third-order valence-corrected chi connectivity index (χ3v) is 6.13. The molecule has 2 aromatic carbocycles. The molecular formula is C25H18ClF3N4O5. The summed E-state index contributed by atoms with van der Waals surface area (Å²) in [4.78, 5) is 51.6. The van der Waals surface area contributed by atoms with Crippen molar-refractivity contribution in [2.75, 3.05) is 10.6 Å². The molecule has 38 heavy (non-hydrogen) atoms. The SMILES string of the molecule is Cc1[nH]c(C=C2C(=O)Nc3cc(NC(=O)NC(=O)c4ccc(Cl)c(C(F)(F)F)c4)ccc32)c(C)c1C(=O)O. The second-order valence-electron chi connectivity index (χ2n) is 8.34. The highest BCUT2D eigenvalue weighted by molar-refractivity contribution is 6.35. The number of nitrogens with one attached hydrogen (secondary N) is 4. The van der Waals surface area contributed by atoms with Crippen molar-refractivity contribution in [2.45, 2.75) is 20.0 Å². The number of rotatable bonds is 4. The second-order valence-corrected chi connectivity index (χ2v) is 8.75. The second kappa shape index (κ2) is 9.71. The van der Waals surface area contributed by atoms with Crippen LogP contribution in [0.4, 0.5) is 29.3 Å². The molecule has 0 bridgehead atoms. The number of carboxylic acid groups (broad SMARTS) is 1. The molecule has 9 nitrogen and oxygen atoms in total. The molecule has 0 spiro atoms. The summed E-state index contributed by atoms with van der Waals surface area (Å²) < 4.78 is 39.1. The Bertz CT molecular complexity index is 1560. The van der Waals surface area contributed by atoms with Crippen LogP contribution >= 0.6 is 11.6 Å². The summed E-state index contributed by atoms with van der Waals surface area (Å²) in [5.41, 5.74) is 1.11. The molecular weight excluding hydrogens is 529 g/mol. The number of halogens is 4. The van der Waals surface area contributed by atoms with Crippen LogP contribution in [0.1, 0.15) is 48.8 Å². The molecule has 0 radical (unpaired) electrons. The molecule has 4 rings (SSSR count). The van der Waals surface area contributed by atoms with E-state index in [0.29, 0.717) is 34.3 Å². The van der Waals surface area contributed by atoms with Gasteiger partial charge in [-0.1, -0.05) is 17.7 Å². The standard InChI is InChI=1S/C25H18ClF3N4O5/c1-10-18(30-11(2)20(10)23(36)37)9-15-14-5-4-13(8-19(14)32-22(15)35)31-24(38)33-21(34)12-3-6-17(26)16(7-12)25(27,28)29/h3-9,30H,1-2H3,(H,32,35)(H,36,37)(H2,31,33,34,38). The lowest BCUT2D eigenvalue weighted by Gasteiger charge is -2.11. The van der Waals surface area contributed by atoms with Gasteiger partial charge in [0.1, 0.15) is 0 Å². The molecule has 0 fully saturated rings. The number of aromatic carboxylic acids is 1. The zero-order chi connectivity index (χ0) is 27.9. The van der Waals surface area contributed by atoms with Gasteiger partial charge in [0.2, 0.25) is 0 Å². The van der Waals surface area contributed by atoms with Gasteiger partial charge in [0, 0.05) is 28.2 Å². The molecule has 2 heterocycles. The Morgan fingerprint density at radius 2 is 1.79 bits per heavy atom. The number of anilines is 2. The number of imide groups is 1. The van der Waals surface area contributed by atoms with Crippen LogP contribution < -0.4 is 16.0 Å². The summed E-state index contributed by atoms with van der Waals surface area (Å²) in [6.45, 7) is 3.23. The van der Waals surface area contributed by atoms with E-state index in [1.165, 1.54) is 24.3 Å². The summed E-state index contributed by atoms with van der Waals surface area (Å²) in [6, 6.07) is 5.90. The molecule has 0 saturated heterocycles. The maximum absolute atomic E-state index is 13.0. The molecule has 1 aliphatic rings. The molecule has 1 aromatic heterocycles. The Kier molecular flexibility index (Phi) is 6.77. The van der Waals surface area contributed by atoms with Gasteiger partial charge in [0.15, 0.2) is 0 Å². The predicted octanol–water partition coefficient (Wildman–Crippen LogP) is 5.46. The monoisotopic (exact) mass is 546 g/mol. The average Bonchev–Trinajstić information content (AvgIpc) is 3.27. The number of aromatic nitrogens is 1. The van der Waals surface area contributed by atoms with Gasteiger partial charge in [0.05, 0.1) is 27.4 Å². The van der Waals surface area contributed by atoms with Crippen LogP contribution in [-0.2, 0) is 11.0 Å². The van der Waals surface area contributed by atoms with E-state index in [4.69, 9.17) is 11.6 Å². The van der Waals surface area contributed by atoms with E-state index >= 15 is 0 Å². The molecule has 5 N–H and O–H groups in total. The smallest absolute Gasteiger partial charge is 0.417 e. The highest BCUT2D eigenvalue weighted by Gasteiger charge is 2.34. The molecule has 0 unspecified atom stereocenters. The maximum Gasteiger partial charge on any atom is 0.417 e. The van der Waals surface area contributed by atoms with Crippen molar-refractivity contribution in [3.8, 4) is 0 Å². The number of carbonyl (C=O) groups is 4. The van der Waals surface area contributed by atoms with Crippen LogP contribution in [0.3, 0.4) is 0 Å². The Morgan fingerprint density at radius 1 is 1.08 bits per heavy atom. The largest absolute Gasteiger partial charge is 0.478 e. The maximum atomic E-state index is 13.0. The molecule has 1 aliphatic heterocycles. The normalized spacial score (nSPS) is 13.7. The topological polar surface area (TPSA) is 140 Å². The molecule has 0 aliphatic carbocycles. The molecule has 13 heteroatoms. The van der Waals surface area contributed by atoms with E-state index in [2.05, 4.69) is 15.6 Å². The van der Waals surface area contributed by atoms with Crippen molar-refractivity contribution >= 4 is 58.4 Å². The Morgan fingerprint density at radius 3 is 2.42 bits per heavy atom. The zero-order valence-electron chi connectivity index (χ0n) is 19.6. The number of urea groups is 1. The number of alkyl halides is 3. The van der Waals surface area contributed by atoms with Crippen molar-refractivity contribution in [3.63, 3.8) is 0 Å². The summed E-state index contributed by atoms with van der Waals surface area (Å²) in [6.07, 6.45) is -3.26. The van der Waals surface area contributed by atoms with Crippen LogP contribution in [0.25, 0.3) is 11.6 Å². The number of aromatic amines is 1. The first-order valence-electron chi connectivity index (χ1n) is 10.8. The van der Waals surface area contributed by atoms with Gasteiger partial charge in [-0.2, -0.15) is 13.2 Å². The van der Waals surface area contributed by atoms with E-state index in [1.54, 1.807) is 13.8 Å². The zero-order valence-corrected chi connectivity index (χ0v) is 20.4. The molecule has 196 valence electrons. The van der Waals surface area contributed by atoms with Crippen LogP contribution in [0.2, 0.25) is 5.02 Å². The summed E-state index contributed by atoms with van der Waals surface area (Å²) in [7, 11) is 0. The fourth-order valence-electron chi connectivity index (χ4n) is 4.02. The highest BCUT2D eigenvalue weighted by atomic mass is 35.5. The molecule has 3 aromatic rings. The minimum atomic E-state index is -4.78. The van der Waals surface area contributed by atoms with Gasteiger partial charge in [-0.25, -0.2) is 9.59 Å². The molecule has 0 saturated carbocycles. The number of H-pyrrole nitrogens is 1. The highest BCUT2D eigenvalue weighted by Crippen LogP contribution is 2.36. The van der Waals surface area contributed by atoms with E-state index in [0.717, 1.165) is 12.1 Å². The van der Waals surface area contributed by atoms with E-state index < -0.39 is 46.1 Å². The van der Waals surface area contributed by atoms with Gasteiger partial charge in [-0.15, -0.1) is 0 Å². The van der Waals surface area contributed by atoms with Crippen LogP contribution in [0, 0.1) is 13.8 Å². The number of aryl methyl sites for hydroxylation is 1. The van der Waals surface area contributed by atoms with E-state index in [-0.39, 0.29) is 16.8 Å². The van der Waals surface area contributed by atoms with Crippen LogP contribution in [0.15, 0.2) is 36.4 Å². The number of carboxylic acids is 1. The lowest BCUT2D eigenvalue weighted by atomic mass is 10.0. The quantitative estimate of drug-likeness (QED) is 0.277. The van der Waals surface area contributed by atoms with Gasteiger partial charge in [0.25, 0.3) is 11.8 Å². The lowest BCUT2D eigenvalue weighted by Crippen LogP contribution is -2.34. The molecule has 0 atom stereocenters. The number of amides is 4. The van der Waals surface area contributed by atoms with Crippen molar-refractivity contribution in [1.29, 1.82) is 0 Å². The van der Waals surface area contributed by atoms with Gasteiger partial charge < -0.3 is 20.7 Å². The van der Waals surface area contributed by atoms with Crippen molar-refractivity contribution in [2.24, 2.45) is 0 Å². The third kappa shape index (κ3) is 5.11. The van der Waals surface area contributed by atoms with Crippen molar-refractivity contribution < 1.29 is 37.5 Å². The first kappa shape index (κ1) is 26.5. The number of carbonyl (C=O) groups excluding carboxylic acids is 3. The van der Waals surface area contributed by atoms with Gasteiger partial charge in [-0.3, -0.25) is 14.9 Å². The number of fused-ring (bicyclic) bond motifs is 1. The van der Waals surface area contributed by atoms with Crippen LogP contribution in [0.5, 0.6) is 0 Å². The number of benzene rings is 2. The minimum absolute atomic E-state index is 0.115. The van der Waals surface area contributed by atoms with Gasteiger partial charge in [-0.05, 0) is 55.8 Å². The predicted molar refractivity (Wildman–Crippen MR) is 133 cm³/mol. The van der Waals surface area contributed by atoms with E-state index in [9.17, 15) is 37.5 Å². The summed E-state index contributed by atoms with van der Waals surface area (Å²) in [5, 5.41) is 15.7. The summed E-state index contributed by atoms with van der Waals surface area (Å²) in [5.74, 6) is -2.63. The Hall–Kier alpha value is -4.58. The average molecular weight is 547 g/mol. The van der Waals surface area contributed by atoms with E-state index in [1.807, 2.05) is 5.32 Å². The van der Waals surface area contributed by atoms with Crippen LogP contribution in [-0.4, -0.2) is 33.9 Å². The Labute approximate surface area is 217 Å². The fraction of sp³-hybridized carbons (Fsp3) is 0.120. The lowest BCUT2D eigenvalue weighted by molar-refractivity contribution is -0.137. The Balaban J connectivity index is 1.51. The number of hydrogen-bond acceptors (Lipinski definition) is 4. The third-order valence-electron chi connectivity index (χ3n) is 5.80. The minimum Gasteiger partial charge on any atom is -0.478 e. The van der Waals surface area contributed by atoms with Crippen molar-refractivity contribution in [1.82, 2.24) is 10.3 Å². The first-order chi connectivity index (χ1) is 17.8.